The zero-order valence-corrected chi connectivity index (χ0v) is 8.26. The molecule has 0 aromatic carbocycles. The molecular weight excluding hydrogens is 186 g/mol. The zero-order valence-electron chi connectivity index (χ0n) is 7.50. The number of hydrogen-bond donors (Lipinski definition) is 1. The van der Waals surface area contributed by atoms with Gasteiger partial charge < -0.3 is 4.98 Å². The van der Waals surface area contributed by atoms with Crippen LogP contribution in [0.25, 0.3) is 11.2 Å². The first-order valence-corrected chi connectivity index (χ1v) is 4.57. The Labute approximate surface area is 81.2 Å². The minimum Gasteiger partial charge on any atom is -0.340 e. The molecule has 0 atom stereocenters. The third kappa shape index (κ3) is 1.52. The summed E-state index contributed by atoms with van der Waals surface area (Å²) in [6, 6.07) is 3.65. The number of H-pyrrole nitrogens is 1. The second-order valence-electron chi connectivity index (χ2n) is 3.28. The topological polar surface area (TPSA) is 41.6 Å². The van der Waals surface area contributed by atoms with E-state index in [0.29, 0.717) is 16.7 Å². The lowest BCUT2D eigenvalue weighted by atomic mass is 10.2. The lowest BCUT2D eigenvalue weighted by Crippen LogP contribution is -1.88. The Bertz CT molecular complexity index is 433. The monoisotopic (exact) mass is 195 g/mol. The van der Waals surface area contributed by atoms with Crippen LogP contribution in [0.5, 0.6) is 0 Å². The molecule has 0 fully saturated rings. The molecule has 0 unspecified atom stereocenters. The van der Waals surface area contributed by atoms with Crippen molar-refractivity contribution >= 4 is 22.8 Å². The normalized spacial score (nSPS) is 11.4. The fraction of sp³-hybridized carbons (Fsp3) is 0.333. The maximum Gasteiger partial charge on any atom is 0.179 e. The first-order valence-electron chi connectivity index (χ1n) is 4.19. The minimum atomic E-state index is 0.382. The number of hydrogen-bond acceptors (Lipinski definition) is 2. The van der Waals surface area contributed by atoms with Gasteiger partial charge in [-0.1, -0.05) is 25.4 Å². The minimum absolute atomic E-state index is 0.382. The summed E-state index contributed by atoms with van der Waals surface area (Å²) >= 11 is 5.74. The maximum absolute atomic E-state index is 5.74. The van der Waals surface area contributed by atoms with E-state index in [4.69, 9.17) is 11.6 Å². The summed E-state index contributed by atoms with van der Waals surface area (Å²) in [6.07, 6.45) is 0. The van der Waals surface area contributed by atoms with Gasteiger partial charge in [-0.25, -0.2) is 9.97 Å². The molecule has 0 radical (unpaired) electrons. The molecule has 0 saturated heterocycles. The average Bonchev–Trinajstić information content (AvgIpc) is 2.46. The summed E-state index contributed by atoms with van der Waals surface area (Å²) in [4.78, 5) is 11.6. The van der Waals surface area contributed by atoms with Crippen LogP contribution >= 0.6 is 11.6 Å². The summed E-state index contributed by atoms with van der Waals surface area (Å²) in [5, 5.41) is 0.481. The van der Waals surface area contributed by atoms with Crippen LogP contribution in [0.1, 0.15) is 25.6 Å². The molecule has 0 spiro atoms. The van der Waals surface area contributed by atoms with E-state index in [2.05, 4.69) is 28.8 Å². The summed E-state index contributed by atoms with van der Waals surface area (Å²) in [5.74, 6) is 1.33. The van der Waals surface area contributed by atoms with Crippen LogP contribution < -0.4 is 0 Å². The number of aromatic nitrogens is 3. The quantitative estimate of drug-likeness (QED) is 0.711. The molecule has 3 nitrogen and oxygen atoms in total. The Morgan fingerprint density at radius 1 is 1.31 bits per heavy atom. The van der Waals surface area contributed by atoms with Gasteiger partial charge in [-0.05, 0) is 12.1 Å². The standard InChI is InChI=1S/C9H10ClN3/c1-5(2)8-11-6-3-4-7(10)12-9(6)13-8/h3-5H,1-2H3,(H,11,12,13). The molecular formula is C9H10ClN3. The van der Waals surface area contributed by atoms with Crippen LogP contribution in [-0.4, -0.2) is 15.0 Å². The van der Waals surface area contributed by atoms with E-state index in [9.17, 15) is 0 Å². The molecule has 0 aliphatic rings. The number of halogens is 1. The number of rotatable bonds is 1. The predicted octanol–water partition coefficient (Wildman–Crippen LogP) is 2.73. The highest BCUT2D eigenvalue weighted by molar-refractivity contribution is 6.29. The van der Waals surface area contributed by atoms with Crippen molar-refractivity contribution in [1.82, 2.24) is 15.0 Å². The van der Waals surface area contributed by atoms with Gasteiger partial charge in [0.2, 0.25) is 0 Å². The molecule has 13 heavy (non-hydrogen) atoms. The van der Waals surface area contributed by atoms with E-state index < -0.39 is 0 Å². The molecule has 1 N–H and O–H groups in total. The SMILES string of the molecule is CC(C)c1nc2nc(Cl)ccc2[nH]1. The van der Waals surface area contributed by atoms with Crippen molar-refractivity contribution in [2.45, 2.75) is 19.8 Å². The van der Waals surface area contributed by atoms with E-state index in [0.717, 1.165) is 11.3 Å². The molecule has 2 rings (SSSR count). The molecule has 0 amide bonds. The number of fused-ring (bicyclic) bond motifs is 1. The third-order valence-electron chi connectivity index (χ3n) is 1.88. The largest absolute Gasteiger partial charge is 0.340 e. The van der Waals surface area contributed by atoms with Crippen molar-refractivity contribution in [3.8, 4) is 0 Å². The second kappa shape index (κ2) is 3.00. The van der Waals surface area contributed by atoms with E-state index in [1.54, 1.807) is 6.07 Å². The van der Waals surface area contributed by atoms with E-state index in [1.807, 2.05) is 6.07 Å². The fourth-order valence-electron chi connectivity index (χ4n) is 1.16. The highest BCUT2D eigenvalue weighted by Gasteiger charge is 2.06. The van der Waals surface area contributed by atoms with Gasteiger partial charge in [0.25, 0.3) is 0 Å². The molecule has 0 aliphatic carbocycles. The Balaban J connectivity index is 2.62. The molecule has 0 aliphatic heterocycles. The van der Waals surface area contributed by atoms with Crippen molar-refractivity contribution in [2.75, 3.05) is 0 Å². The van der Waals surface area contributed by atoms with Crippen LogP contribution in [0.2, 0.25) is 5.15 Å². The van der Waals surface area contributed by atoms with Gasteiger partial charge in [0.05, 0.1) is 5.52 Å². The lowest BCUT2D eigenvalue weighted by Gasteiger charge is -1.95. The van der Waals surface area contributed by atoms with E-state index in [-0.39, 0.29) is 0 Å². The predicted molar refractivity (Wildman–Crippen MR) is 53.0 cm³/mol. The maximum atomic E-state index is 5.74. The Hall–Kier alpha value is -1.09. The molecule has 0 saturated carbocycles. The Morgan fingerprint density at radius 2 is 2.08 bits per heavy atom. The molecule has 68 valence electrons. The van der Waals surface area contributed by atoms with Gasteiger partial charge >= 0.3 is 0 Å². The first kappa shape index (κ1) is 8.51. The highest BCUT2D eigenvalue weighted by Crippen LogP contribution is 2.17. The Kier molecular flexibility index (Phi) is 1.96. The fourth-order valence-corrected chi connectivity index (χ4v) is 1.30. The van der Waals surface area contributed by atoms with Gasteiger partial charge in [0.1, 0.15) is 11.0 Å². The smallest absolute Gasteiger partial charge is 0.179 e. The van der Waals surface area contributed by atoms with E-state index >= 15 is 0 Å². The number of aromatic amines is 1. The number of imidazole rings is 1. The molecule has 4 heteroatoms. The highest BCUT2D eigenvalue weighted by atomic mass is 35.5. The van der Waals surface area contributed by atoms with Crippen molar-refractivity contribution in [1.29, 1.82) is 0 Å². The van der Waals surface area contributed by atoms with Gasteiger partial charge in [-0.3, -0.25) is 0 Å². The van der Waals surface area contributed by atoms with Crippen LogP contribution in [0, 0.1) is 0 Å². The van der Waals surface area contributed by atoms with Crippen LogP contribution in [-0.2, 0) is 0 Å². The van der Waals surface area contributed by atoms with Crippen molar-refractivity contribution in [3.05, 3.63) is 23.1 Å². The van der Waals surface area contributed by atoms with Gasteiger partial charge in [-0.15, -0.1) is 0 Å². The molecule has 2 aromatic heterocycles. The molecule has 2 aromatic rings. The summed E-state index contributed by atoms with van der Waals surface area (Å²) in [6.45, 7) is 4.17. The third-order valence-corrected chi connectivity index (χ3v) is 2.09. The number of nitrogens with zero attached hydrogens (tertiary/aromatic N) is 2. The van der Waals surface area contributed by atoms with Crippen molar-refractivity contribution in [2.24, 2.45) is 0 Å². The van der Waals surface area contributed by atoms with Crippen LogP contribution in [0.15, 0.2) is 12.1 Å². The second-order valence-corrected chi connectivity index (χ2v) is 3.67. The lowest BCUT2D eigenvalue weighted by molar-refractivity contribution is 0.798. The van der Waals surface area contributed by atoms with E-state index in [1.165, 1.54) is 0 Å². The van der Waals surface area contributed by atoms with Crippen molar-refractivity contribution in [3.63, 3.8) is 0 Å². The molecule has 0 bridgehead atoms. The van der Waals surface area contributed by atoms with Crippen molar-refractivity contribution < 1.29 is 0 Å². The Morgan fingerprint density at radius 3 is 2.77 bits per heavy atom. The van der Waals surface area contributed by atoms with Gasteiger partial charge in [-0.2, -0.15) is 0 Å². The van der Waals surface area contributed by atoms with Gasteiger partial charge in [0.15, 0.2) is 5.65 Å². The summed E-state index contributed by atoms with van der Waals surface area (Å²) < 4.78 is 0. The summed E-state index contributed by atoms with van der Waals surface area (Å²) in [5.41, 5.74) is 1.63. The first-order chi connectivity index (χ1) is 6.16. The average molecular weight is 196 g/mol. The van der Waals surface area contributed by atoms with Crippen LogP contribution in [0.4, 0.5) is 0 Å². The zero-order chi connectivity index (χ0) is 9.42. The number of nitrogens with one attached hydrogen (secondary N) is 1. The van der Waals surface area contributed by atoms with Crippen LogP contribution in [0.3, 0.4) is 0 Å². The summed E-state index contributed by atoms with van der Waals surface area (Å²) in [7, 11) is 0. The molecule has 2 heterocycles. The van der Waals surface area contributed by atoms with Gasteiger partial charge in [0, 0.05) is 5.92 Å². The number of pyridine rings is 1.